The van der Waals surface area contributed by atoms with Gasteiger partial charge in [0.1, 0.15) is 36.3 Å². The fourth-order valence-electron chi connectivity index (χ4n) is 8.81. The van der Waals surface area contributed by atoms with Crippen LogP contribution in [-0.2, 0) is 9.47 Å². The number of rotatable bonds is 12. The average molecular weight is 861 g/mol. The maximum absolute atomic E-state index is 14.0. The summed E-state index contributed by atoms with van der Waals surface area (Å²) in [6.07, 6.45) is 4.46. The fraction of sp³-hybridized carbons (Fsp3) is 0.0667. The summed E-state index contributed by atoms with van der Waals surface area (Å²) in [5.74, 6) is -0.148. The Morgan fingerprint density at radius 1 is 0.379 bits per heavy atom. The standard InChI is InChI=1S/2C30H22O3/c2*31-20-24-16-8-9-17-25(24)28(29(32)22-13-5-2-6-14-22)30-26-18-10-7-15-23(26)19-27(33-30)21-11-3-1-4-12-21/h2*1-20,28,30H/t2*28-,30+/m10/s1. The minimum Gasteiger partial charge on any atom is -0.484 e. The van der Waals surface area contributed by atoms with Crippen LogP contribution in [0.15, 0.2) is 218 Å². The molecule has 8 aromatic rings. The minimum atomic E-state index is -0.692. The van der Waals surface area contributed by atoms with Crippen LogP contribution in [0.4, 0.5) is 0 Å². The quantitative estimate of drug-likeness (QED) is 0.0898. The van der Waals surface area contributed by atoms with Gasteiger partial charge in [-0.1, -0.05) is 218 Å². The highest BCUT2D eigenvalue weighted by Crippen LogP contribution is 2.47. The number of ketones is 2. The third-order valence-corrected chi connectivity index (χ3v) is 12.0. The predicted molar refractivity (Wildman–Crippen MR) is 260 cm³/mol. The van der Waals surface area contributed by atoms with Crippen LogP contribution in [-0.4, -0.2) is 24.1 Å². The number of carbonyl (C=O) groups is 4. The van der Waals surface area contributed by atoms with E-state index in [0.717, 1.165) is 46.0 Å². The second kappa shape index (κ2) is 19.9. The number of aldehydes is 2. The topological polar surface area (TPSA) is 86.7 Å². The van der Waals surface area contributed by atoms with Gasteiger partial charge in [0.05, 0.1) is 11.8 Å². The molecule has 6 heteroatoms. The average Bonchev–Trinajstić information content (AvgIpc) is 3.40. The van der Waals surface area contributed by atoms with Crippen LogP contribution < -0.4 is 0 Å². The maximum atomic E-state index is 14.0. The second-order valence-corrected chi connectivity index (χ2v) is 16.0. The van der Waals surface area contributed by atoms with Gasteiger partial charge in [0.15, 0.2) is 11.6 Å². The summed E-state index contributed by atoms with van der Waals surface area (Å²) in [6, 6.07) is 68.5. The smallest absolute Gasteiger partial charge is 0.174 e. The van der Waals surface area contributed by atoms with Crippen molar-refractivity contribution in [3.8, 4) is 0 Å². The summed E-state index contributed by atoms with van der Waals surface area (Å²) >= 11 is 0. The Morgan fingerprint density at radius 3 is 1.08 bits per heavy atom. The highest BCUT2D eigenvalue weighted by atomic mass is 16.5. The number of carbonyl (C=O) groups excluding carboxylic acids is 4. The Morgan fingerprint density at radius 2 is 0.697 bits per heavy atom. The van der Waals surface area contributed by atoms with Gasteiger partial charge in [0.25, 0.3) is 0 Å². The van der Waals surface area contributed by atoms with Gasteiger partial charge >= 0.3 is 0 Å². The van der Waals surface area contributed by atoms with Crippen molar-refractivity contribution < 1.29 is 28.7 Å². The summed E-state index contributed by atoms with van der Waals surface area (Å²) in [6.45, 7) is 0. The van der Waals surface area contributed by atoms with Crippen LogP contribution >= 0.6 is 0 Å². The Labute approximate surface area is 384 Å². The Hall–Kier alpha value is -8.48. The molecule has 0 bridgehead atoms. The van der Waals surface area contributed by atoms with Crippen molar-refractivity contribution in [1.82, 2.24) is 0 Å². The van der Waals surface area contributed by atoms with E-state index in [0.29, 0.717) is 44.9 Å². The Bertz CT molecular complexity index is 2860. The second-order valence-electron chi connectivity index (χ2n) is 16.0. The monoisotopic (exact) mass is 860 g/mol. The molecule has 320 valence electrons. The summed E-state index contributed by atoms with van der Waals surface area (Å²) in [5, 5.41) is 0. The summed E-state index contributed by atoms with van der Waals surface area (Å²) in [4.78, 5) is 51.8. The van der Waals surface area contributed by atoms with Crippen LogP contribution in [0.25, 0.3) is 23.7 Å². The van der Waals surface area contributed by atoms with E-state index in [9.17, 15) is 19.2 Å². The van der Waals surface area contributed by atoms with Crippen molar-refractivity contribution >= 4 is 47.8 Å². The van der Waals surface area contributed by atoms with Gasteiger partial charge in [-0.05, 0) is 34.4 Å². The lowest BCUT2D eigenvalue weighted by molar-refractivity contribution is 0.0788. The lowest BCUT2D eigenvalue weighted by Crippen LogP contribution is -2.26. The molecule has 6 nitrogen and oxygen atoms in total. The number of ether oxygens (including phenoxy) is 2. The van der Waals surface area contributed by atoms with Gasteiger partial charge in [-0.15, -0.1) is 0 Å². The first kappa shape index (κ1) is 42.8. The maximum Gasteiger partial charge on any atom is 0.174 e. The molecule has 2 aliphatic rings. The molecule has 0 amide bonds. The molecule has 66 heavy (non-hydrogen) atoms. The van der Waals surface area contributed by atoms with Gasteiger partial charge in [-0.25, -0.2) is 0 Å². The number of hydrogen-bond acceptors (Lipinski definition) is 6. The molecule has 0 unspecified atom stereocenters. The minimum absolute atomic E-state index is 0.0842. The molecular formula is C60H44O6. The summed E-state index contributed by atoms with van der Waals surface area (Å²) < 4.78 is 13.2. The first-order valence-corrected chi connectivity index (χ1v) is 21.8. The summed E-state index contributed by atoms with van der Waals surface area (Å²) in [5.41, 5.74) is 9.19. The van der Waals surface area contributed by atoms with Gasteiger partial charge in [0, 0.05) is 44.5 Å². The Kier molecular flexibility index (Phi) is 12.9. The van der Waals surface area contributed by atoms with E-state index in [4.69, 9.17) is 9.47 Å². The zero-order valence-corrected chi connectivity index (χ0v) is 35.9. The molecule has 0 aliphatic carbocycles. The Balaban J connectivity index is 0.000000166. The van der Waals surface area contributed by atoms with Crippen molar-refractivity contribution in [3.63, 3.8) is 0 Å². The van der Waals surface area contributed by atoms with Crippen molar-refractivity contribution in [2.75, 3.05) is 0 Å². The first-order chi connectivity index (χ1) is 32.5. The fourth-order valence-corrected chi connectivity index (χ4v) is 8.81. The molecule has 10 rings (SSSR count). The molecule has 0 radical (unpaired) electrons. The van der Waals surface area contributed by atoms with Gasteiger partial charge in [-0.3, -0.25) is 19.2 Å². The highest BCUT2D eigenvalue weighted by Gasteiger charge is 2.39. The largest absolute Gasteiger partial charge is 0.484 e. The van der Waals surface area contributed by atoms with E-state index in [1.54, 1.807) is 12.1 Å². The van der Waals surface area contributed by atoms with E-state index in [1.165, 1.54) is 0 Å². The van der Waals surface area contributed by atoms with Gasteiger partial charge < -0.3 is 9.47 Å². The third kappa shape index (κ3) is 8.99. The van der Waals surface area contributed by atoms with E-state index >= 15 is 0 Å². The lowest BCUT2D eigenvalue weighted by Gasteiger charge is -2.33. The van der Waals surface area contributed by atoms with Crippen molar-refractivity contribution in [2.45, 2.75) is 24.0 Å². The molecule has 0 saturated heterocycles. The van der Waals surface area contributed by atoms with E-state index in [1.807, 2.05) is 218 Å². The van der Waals surface area contributed by atoms with Crippen molar-refractivity contribution in [3.05, 3.63) is 285 Å². The van der Waals surface area contributed by atoms with Crippen molar-refractivity contribution in [1.29, 1.82) is 0 Å². The zero-order chi connectivity index (χ0) is 45.2. The molecule has 0 fully saturated rings. The first-order valence-electron chi connectivity index (χ1n) is 21.8. The summed E-state index contributed by atoms with van der Waals surface area (Å²) in [7, 11) is 0. The lowest BCUT2D eigenvalue weighted by atomic mass is 9.79. The van der Waals surface area contributed by atoms with Crippen LogP contribution in [0.2, 0.25) is 0 Å². The van der Waals surface area contributed by atoms with E-state index in [-0.39, 0.29) is 11.6 Å². The number of fused-ring (bicyclic) bond motifs is 2. The number of benzene rings is 8. The molecule has 2 aliphatic heterocycles. The molecule has 2 heterocycles. The zero-order valence-electron chi connectivity index (χ0n) is 35.9. The van der Waals surface area contributed by atoms with Gasteiger partial charge in [0.2, 0.25) is 0 Å². The third-order valence-electron chi connectivity index (χ3n) is 12.0. The van der Waals surface area contributed by atoms with Gasteiger partial charge in [-0.2, -0.15) is 0 Å². The molecule has 0 aromatic heterocycles. The number of hydrogen-bond donors (Lipinski definition) is 0. The van der Waals surface area contributed by atoms with Crippen molar-refractivity contribution in [2.24, 2.45) is 0 Å². The van der Waals surface area contributed by atoms with Crippen LogP contribution in [0.5, 0.6) is 0 Å². The molecule has 8 aromatic carbocycles. The predicted octanol–water partition coefficient (Wildman–Crippen LogP) is 13.5. The highest BCUT2D eigenvalue weighted by molar-refractivity contribution is 6.04. The normalized spacial score (nSPS) is 15.5. The van der Waals surface area contributed by atoms with E-state index in [2.05, 4.69) is 0 Å². The SMILES string of the molecule is O=Cc1ccccc1[C@@H](C(=O)c1ccccc1)[C@@H]1OC(c2ccccc2)=Cc2ccccc21.O=Cc1ccccc1[C@H](C(=O)c1ccccc1)[C@H]1OC(c2ccccc2)=Cc2ccccc21. The molecule has 0 saturated carbocycles. The van der Waals surface area contributed by atoms with E-state index < -0.39 is 24.0 Å². The number of Topliss-reactive ketones (excluding diaryl/α,β-unsaturated/α-hetero) is 2. The van der Waals surface area contributed by atoms with Crippen LogP contribution in [0.1, 0.15) is 110 Å². The molecular weight excluding hydrogens is 817 g/mol. The van der Waals surface area contributed by atoms with Crippen LogP contribution in [0, 0.1) is 0 Å². The van der Waals surface area contributed by atoms with Crippen LogP contribution in [0.3, 0.4) is 0 Å². The molecule has 0 spiro atoms. The molecule has 0 N–H and O–H groups in total. The molecule has 4 atom stereocenters.